The number of nitrogens with zero attached hydrogens (tertiary/aromatic N) is 1. The number of nitrogens with two attached hydrogens (primary N) is 1. The molecule has 0 spiro atoms. The molecule has 2 aliphatic rings. The van der Waals surface area contributed by atoms with Gasteiger partial charge in [0.15, 0.2) is 0 Å². The summed E-state index contributed by atoms with van der Waals surface area (Å²) < 4.78 is 0. The minimum absolute atomic E-state index is 0.0532. The zero-order chi connectivity index (χ0) is 22.4. The molecule has 5 N–H and O–H groups in total. The molecule has 7 heteroatoms. The fourth-order valence-corrected chi connectivity index (χ4v) is 5.78. The van der Waals surface area contributed by atoms with Crippen molar-refractivity contribution in [2.45, 2.75) is 74.6 Å². The summed E-state index contributed by atoms with van der Waals surface area (Å²) in [7, 11) is 0. The van der Waals surface area contributed by atoms with E-state index in [-0.39, 0.29) is 24.6 Å². The molecular formula is C24H39N3O3S. The van der Waals surface area contributed by atoms with Gasteiger partial charge in [-0.1, -0.05) is 37.5 Å². The molecule has 1 aromatic carbocycles. The average Bonchev–Trinajstić information content (AvgIpc) is 2.77. The Morgan fingerprint density at radius 1 is 1.26 bits per heavy atom. The lowest BCUT2D eigenvalue weighted by Crippen LogP contribution is -2.60. The summed E-state index contributed by atoms with van der Waals surface area (Å²) in [6.45, 7) is 4.77. The number of hydrogen-bond donors (Lipinski definition) is 4. The van der Waals surface area contributed by atoms with Gasteiger partial charge in [0.05, 0.1) is 24.3 Å². The lowest BCUT2D eigenvalue weighted by atomic mass is 9.72. The van der Waals surface area contributed by atoms with Crippen LogP contribution in [0.25, 0.3) is 0 Å². The first kappa shape index (κ1) is 24.5. The van der Waals surface area contributed by atoms with E-state index in [0.717, 1.165) is 17.9 Å². The molecule has 1 heterocycles. The topological polar surface area (TPSA) is 98.8 Å². The van der Waals surface area contributed by atoms with Crippen LogP contribution in [-0.2, 0) is 4.79 Å². The summed E-state index contributed by atoms with van der Waals surface area (Å²) >= 11 is 1.64. The number of carbonyl (C=O) groups is 1. The molecule has 0 bridgehead atoms. The van der Waals surface area contributed by atoms with Crippen LogP contribution in [0.2, 0.25) is 0 Å². The van der Waals surface area contributed by atoms with Gasteiger partial charge in [-0.3, -0.25) is 9.69 Å². The molecule has 2 fully saturated rings. The standard InChI is InChI=1S/C24H39N3O3S/c1-24(2,16-28)26-23(30)21-12-17-8-6-7-9-18(17)13-27(21)14-22(29)20(25)15-31-19-10-4-3-5-11-19/h3-5,10-11,17-18,20-22,28-29H,6-9,12-16,25H2,1-2H3,(H,26,30)/t17-,18+,20-,21-,22?/m0/s1. The number of nitrogens with one attached hydrogen (secondary N) is 1. The molecule has 1 aliphatic carbocycles. The third-order valence-electron chi connectivity index (χ3n) is 6.76. The quantitative estimate of drug-likeness (QED) is 0.432. The van der Waals surface area contributed by atoms with Crippen LogP contribution >= 0.6 is 11.8 Å². The van der Waals surface area contributed by atoms with Gasteiger partial charge in [0, 0.05) is 29.8 Å². The molecule has 1 aliphatic heterocycles. The van der Waals surface area contributed by atoms with Crippen LogP contribution in [0.4, 0.5) is 0 Å². The van der Waals surface area contributed by atoms with Crippen LogP contribution in [0.5, 0.6) is 0 Å². The summed E-state index contributed by atoms with van der Waals surface area (Å²) in [5.74, 6) is 1.73. The monoisotopic (exact) mass is 449 g/mol. The lowest BCUT2D eigenvalue weighted by molar-refractivity contribution is -0.133. The molecule has 174 valence electrons. The molecule has 3 rings (SSSR count). The first-order valence-corrected chi connectivity index (χ1v) is 12.6. The molecular weight excluding hydrogens is 410 g/mol. The number of hydrogen-bond acceptors (Lipinski definition) is 6. The highest BCUT2D eigenvalue weighted by atomic mass is 32.2. The number of aliphatic hydroxyl groups excluding tert-OH is 2. The molecule has 6 nitrogen and oxygen atoms in total. The van der Waals surface area contributed by atoms with Crippen molar-refractivity contribution >= 4 is 17.7 Å². The molecule has 5 atom stereocenters. The molecule has 1 aromatic rings. The number of fused-ring (bicyclic) bond motifs is 1. The van der Waals surface area contributed by atoms with Gasteiger partial charge in [0.1, 0.15) is 0 Å². The van der Waals surface area contributed by atoms with Crippen LogP contribution in [0.15, 0.2) is 35.2 Å². The van der Waals surface area contributed by atoms with E-state index in [0.29, 0.717) is 24.1 Å². The van der Waals surface area contributed by atoms with Gasteiger partial charge in [0.25, 0.3) is 0 Å². The van der Waals surface area contributed by atoms with Gasteiger partial charge in [-0.2, -0.15) is 0 Å². The number of amides is 1. The summed E-state index contributed by atoms with van der Waals surface area (Å²) in [5, 5.41) is 23.5. The predicted octanol–water partition coefficient (Wildman–Crippen LogP) is 2.23. The minimum atomic E-state index is -0.697. The van der Waals surface area contributed by atoms with Crippen molar-refractivity contribution in [3.63, 3.8) is 0 Å². The van der Waals surface area contributed by atoms with Crippen molar-refractivity contribution in [1.29, 1.82) is 0 Å². The Balaban J connectivity index is 1.63. The van der Waals surface area contributed by atoms with Gasteiger partial charge in [0.2, 0.25) is 5.91 Å². The largest absolute Gasteiger partial charge is 0.394 e. The molecule has 0 aromatic heterocycles. The predicted molar refractivity (Wildman–Crippen MR) is 126 cm³/mol. The smallest absolute Gasteiger partial charge is 0.237 e. The normalized spacial score (nSPS) is 26.7. The Labute approximate surface area is 191 Å². The third kappa shape index (κ3) is 6.93. The van der Waals surface area contributed by atoms with E-state index in [9.17, 15) is 15.0 Å². The first-order chi connectivity index (χ1) is 14.8. The van der Waals surface area contributed by atoms with Crippen LogP contribution in [-0.4, -0.2) is 70.2 Å². The second kappa shape index (κ2) is 11.1. The maximum atomic E-state index is 13.1. The van der Waals surface area contributed by atoms with Gasteiger partial charge < -0.3 is 21.3 Å². The Kier molecular flexibility index (Phi) is 8.82. The van der Waals surface area contributed by atoms with Crippen molar-refractivity contribution in [3.8, 4) is 0 Å². The van der Waals surface area contributed by atoms with Crippen LogP contribution < -0.4 is 11.1 Å². The molecule has 1 saturated heterocycles. The van der Waals surface area contributed by atoms with Gasteiger partial charge in [-0.05, 0) is 50.7 Å². The zero-order valence-electron chi connectivity index (χ0n) is 18.9. The summed E-state index contributed by atoms with van der Waals surface area (Å²) in [6.07, 6.45) is 4.99. The summed E-state index contributed by atoms with van der Waals surface area (Å²) in [4.78, 5) is 16.4. The third-order valence-corrected chi connectivity index (χ3v) is 7.92. The fourth-order valence-electron chi connectivity index (χ4n) is 4.83. The molecule has 31 heavy (non-hydrogen) atoms. The number of benzene rings is 1. The molecule has 1 unspecified atom stereocenters. The van der Waals surface area contributed by atoms with Crippen molar-refractivity contribution in [2.24, 2.45) is 17.6 Å². The number of carbonyl (C=O) groups excluding carboxylic acids is 1. The molecule has 1 amide bonds. The highest BCUT2D eigenvalue weighted by molar-refractivity contribution is 7.99. The van der Waals surface area contributed by atoms with Crippen LogP contribution in [0.1, 0.15) is 46.0 Å². The van der Waals surface area contributed by atoms with Crippen molar-refractivity contribution in [3.05, 3.63) is 30.3 Å². The maximum Gasteiger partial charge on any atom is 0.237 e. The van der Waals surface area contributed by atoms with Gasteiger partial charge in [-0.15, -0.1) is 11.8 Å². The number of rotatable bonds is 9. The second-order valence-corrected chi connectivity index (χ2v) is 11.0. The second-order valence-electron chi connectivity index (χ2n) is 9.90. The number of aliphatic hydroxyl groups is 2. The van der Waals surface area contributed by atoms with E-state index in [4.69, 9.17) is 5.73 Å². The van der Waals surface area contributed by atoms with E-state index >= 15 is 0 Å². The molecule has 0 radical (unpaired) electrons. The lowest BCUT2D eigenvalue weighted by Gasteiger charge is -2.47. The Morgan fingerprint density at radius 3 is 2.61 bits per heavy atom. The van der Waals surface area contributed by atoms with Crippen molar-refractivity contribution < 1.29 is 15.0 Å². The summed E-state index contributed by atoms with van der Waals surface area (Å²) in [5.41, 5.74) is 5.67. The van der Waals surface area contributed by atoms with Crippen molar-refractivity contribution in [1.82, 2.24) is 10.2 Å². The first-order valence-electron chi connectivity index (χ1n) is 11.6. The summed E-state index contributed by atoms with van der Waals surface area (Å²) in [6, 6.07) is 9.41. The van der Waals surface area contributed by atoms with Gasteiger partial charge >= 0.3 is 0 Å². The Morgan fingerprint density at radius 2 is 1.94 bits per heavy atom. The number of β-amino-alcohol motifs (C(OH)–C–C–N with tert-alkyl or cyclic N) is 1. The average molecular weight is 450 g/mol. The van der Waals surface area contributed by atoms with E-state index in [1.165, 1.54) is 25.7 Å². The fraction of sp³-hybridized carbons (Fsp3) is 0.708. The zero-order valence-corrected chi connectivity index (χ0v) is 19.7. The van der Waals surface area contributed by atoms with E-state index in [2.05, 4.69) is 10.2 Å². The van der Waals surface area contributed by atoms with Gasteiger partial charge in [-0.25, -0.2) is 0 Å². The number of likely N-dealkylation sites (tertiary alicyclic amines) is 1. The van der Waals surface area contributed by atoms with E-state index in [1.54, 1.807) is 11.8 Å². The minimum Gasteiger partial charge on any atom is -0.394 e. The van der Waals surface area contributed by atoms with E-state index < -0.39 is 11.6 Å². The van der Waals surface area contributed by atoms with Crippen LogP contribution in [0.3, 0.4) is 0 Å². The highest BCUT2D eigenvalue weighted by Gasteiger charge is 2.41. The SMILES string of the molecule is CC(C)(CO)NC(=O)[C@@H]1C[C@@H]2CCCC[C@@H]2CN1CC(O)[C@@H](N)CSc1ccccc1. The molecule has 1 saturated carbocycles. The number of thioether (sulfide) groups is 1. The Hall–Kier alpha value is -1.12. The highest BCUT2D eigenvalue weighted by Crippen LogP contribution is 2.38. The van der Waals surface area contributed by atoms with Crippen molar-refractivity contribution in [2.75, 3.05) is 25.4 Å². The maximum absolute atomic E-state index is 13.1. The van der Waals surface area contributed by atoms with Crippen LogP contribution in [0, 0.1) is 11.8 Å². The Bertz CT molecular complexity index is 703. The van der Waals surface area contributed by atoms with E-state index in [1.807, 2.05) is 44.2 Å². The number of piperidine rings is 1.